The normalized spacial score (nSPS) is 11.2. The fourth-order valence-electron chi connectivity index (χ4n) is 4.91. The molecule has 0 bridgehead atoms. The summed E-state index contributed by atoms with van der Waals surface area (Å²) in [7, 11) is 1.61. The molecule has 5 rings (SSSR count). The molecule has 1 N–H and O–H groups in total. The van der Waals surface area contributed by atoms with Crippen molar-refractivity contribution in [3.05, 3.63) is 123 Å². The molecular formula is C33H29F2N3O4. The number of benzene rings is 2. The lowest BCUT2D eigenvalue weighted by Gasteiger charge is -2.09. The molecule has 0 saturated carbocycles. The molecular weight excluding hydrogens is 540 g/mol. The molecule has 5 aromatic rings. The molecule has 0 amide bonds. The third-order valence-electron chi connectivity index (χ3n) is 7.14. The molecule has 214 valence electrons. The Hall–Kier alpha value is -4.76. The largest absolute Gasteiger partial charge is 0.385 e. The van der Waals surface area contributed by atoms with Crippen LogP contribution < -0.4 is 5.56 Å². The van der Waals surface area contributed by atoms with Gasteiger partial charge in [0, 0.05) is 61.7 Å². The van der Waals surface area contributed by atoms with Gasteiger partial charge in [-0.3, -0.25) is 14.4 Å². The number of nitrogens with one attached hydrogen (secondary N) is 1. The van der Waals surface area contributed by atoms with Crippen molar-refractivity contribution in [3.8, 4) is 11.1 Å². The second kappa shape index (κ2) is 12.8. The van der Waals surface area contributed by atoms with Crippen molar-refractivity contribution in [3.63, 3.8) is 0 Å². The summed E-state index contributed by atoms with van der Waals surface area (Å²) in [5.74, 6) is -2.26. The first-order valence-corrected chi connectivity index (χ1v) is 13.6. The minimum Gasteiger partial charge on any atom is -0.385 e. The van der Waals surface area contributed by atoms with Crippen LogP contribution in [-0.2, 0) is 17.7 Å². The fourth-order valence-corrected chi connectivity index (χ4v) is 4.91. The average molecular weight is 570 g/mol. The van der Waals surface area contributed by atoms with Crippen molar-refractivity contribution >= 4 is 22.6 Å². The minimum absolute atomic E-state index is 0.00525. The average Bonchev–Trinajstić information content (AvgIpc) is 3.42. The van der Waals surface area contributed by atoms with Crippen LogP contribution in [0.1, 0.15) is 51.1 Å². The zero-order chi connectivity index (χ0) is 29.6. The number of halogens is 2. The highest BCUT2D eigenvalue weighted by molar-refractivity contribution is 6.02. The van der Waals surface area contributed by atoms with E-state index in [-0.39, 0.29) is 30.1 Å². The number of fused-ring (bicyclic) bond motifs is 1. The second-order valence-electron chi connectivity index (χ2n) is 10.1. The first-order valence-electron chi connectivity index (χ1n) is 13.6. The van der Waals surface area contributed by atoms with Crippen molar-refractivity contribution < 1.29 is 23.1 Å². The molecule has 2 aromatic carbocycles. The lowest BCUT2D eigenvalue weighted by molar-refractivity contribution is 0.0960. The molecule has 0 saturated heterocycles. The van der Waals surface area contributed by atoms with Crippen molar-refractivity contribution in [2.45, 2.75) is 32.2 Å². The van der Waals surface area contributed by atoms with Crippen LogP contribution in [0.5, 0.6) is 0 Å². The molecule has 42 heavy (non-hydrogen) atoms. The smallest absolute Gasteiger partial charge is 0.261 e. The Morgan fingerprint density at radius 3 is 2.62 bits per heavy atom. The predicted molar refractivity (Wildman–Crippen MR) is 156 cm³/mol. The van der Waals surface area contributed by atoms with Crippen LogP contribution >= 0.6 is 0 Å². The summed E-state index contributed by atoms with van der Waals surface area (Å²) in [6.45, 7) is 0.531. The van der Waals surface area contributed by atoms with Gasteiger partial charge in [-0.05, 0) is 59.9 Å². The van der Waals surface area contributed by atoms with Gasteiger partial charge in [-0.1, -0.05) is 30.3 Å². The second-order valence-corrected chi connectivity index (χ2v) is 10.1. The summed E-state index contributed by atoms with van der Waals surface area (Å²) in [4.78, 5) is 46.3. The molecule has 0 spiro atoms. The van der Waals surface area contributed by atoms with Crippen LogP contribution in [-0.4, -0.2) is 39.8 Å². The van der Waals surface area contributed by atoms with Crippen molar-refractivity contribution in [2.24, 2.45) is 0 Å². The Kier molecular flexibility index (Phi) is 8.78. The Balaban J connectivity index is 1.30. The Labute approximate surface area is 240 Å². The van der Waals surface area contributed by atoms with E-state index in [0.29, 0.717) is 42.6 Å². The maximum atomic E-state index is 13.6. The molecule has 7 nitrogen and oxygen atoms in total. The molecule has 0 radical (unpaired) electrons. The number of aromatic amines is 1. The van der Waals surface area contributed by atoms with Gasteiger partial charge in [0.15, 0.2) is 23.2 Å². The van der Waals surface area contributed by atoms with E-state index in [2.05, 4.69) is 9.97 Å². The molecule has 0 unspecified atom stereocenters. The van der Waals surface area contributed by atoms with Crippen molar-refractivity contribution in [1.29, 1.82) is 0 Å². The van der Waals surface area contributed by atoms with Crippen LogP contribution in [0.25, 0.3) is 22.2 Å². The van der Waals surface area contributed by atoms with Gasteiger partial charge in [0.25, 0.3) is 5.56 Å². The Morgan fingerprint density at radius 2 is 1.81 bits per heavy atom. The lowest BCUT2D eigenvalue weighted by atomic mass is 9.98. The number of hydrogen-bond acceptors (Lipinski definition) is 5. The Bertz CT molecular complexity index is 1830. The monoisotopic (exact) mass is 569 g/mol. The number of carbonyl (C=O) groups excluding carboxylic acids is 2. The fraction of sp³-hybridized carbons (Fsp3) is 0.212. The Morgan fingerprint density at radius 1 is 0.952 bits per heavy atom. The van der Waals surface area contributed by atoms with E-state index in [4.69, 9.17) is 4.74 Å². The topological polar surface area (TPSA) is 94.0 Å². The van der Waals surface area contributed by atoms with Gasteiger partial charge in [-0.25, -0.2) is 13.8 Å². The summed E-state index contributed by atoms with van der Waals surface area (Å²) in [5.41, 5.74) is 3.88. The molecule has 0 aliphatic heterocycles. The van der Waals surface area contributed by atoms with Crippen LogP contribution in [0.15, 0.2) is 84.0 Å². The number of ketones is 2. The van der Waals surface area contributed by atoms with Gasteiger partial charge in [0.2, 0.25) is 0 Å². The number of aryl methyl sites for hydroxylation is 1. The van der Waals surface area contributed by atoms with Crippen LogP contribution in [0, 0.1) is 11.6 Å². The molecule has 3 heterocycles. The highest BCUT2D eigenvalue weighted by Gasteiger charge is 2.15. The number of Topliss-reactive ketones (excluding diaryl/α,β-unsaturated/α-hetero) is 2. The number of carbonyl (C=O) groups is 2. The molecule has 3 aromatic heterocycles. The molecule has 0 aliphatic carbocycles. The molecule has 9 heteroatoms. The van der Waals surface area contributed by atoms with E-state index in [1.807, 2.05) is 36.5 Å². The number of H-pyrrole nitrogens is 1. The summed E-state index contributed by atoms with van der Waals surface area (Å²) >= 11 is 0. The first-order chi connectivity index (χ1) is 20.3. The predicted octanol–water partition coefficient (Wildman–Crippen LogP) is 6.14. The van der Waals surface area contributed by atoms with Gasteiger partial charge < -0.3 is 14.3 Å². The first kappa shape index (κ1) is 28.8. The van der Waals surface area contributed by atoms with E-state index >= 15 is 0 Å². The minimum atomic E-state index is -0.995. The highest BCUT2D eigenvalue weighted by atomic mass is 19.2. The highest BCUT2D eigenvalue weighted by Crippen LogP contribution is 2.29. The maximum absolute atomic E-state index is 13.6. The maximum Gasteiger partial charge on any atom is 0.261 e. The molecule has 0 fully saturated rings. The number of aromatic nitrogens is 3. The summed E-state index contributed by atoms with van der Waals surface area (Å²) in [5, 5.41) is 0.826. The van der Waals surface area contributed by atoms with E-state index in [1.54, 1.807) is 19.4 Å². The van der Waals surface area contributed by atoms with Crippen LogP contribution in [0.4, 0.5) is 8.78 Å². The van der Waals surface area contributed by atoms with E-state index < -0.39 is 17.2 Å². The van der Waals surface area contributed by atoms with Crippen LogP contribution in [0.2, 0.25) is 0 Å². The molecule has 0 atom stereocenters. The van der Waals surface area contributed by atoms with Gasteiger partial charge >= 0.3 is 0 Å². The third-order valence-corrected chi connectivity index (χ3v) is 7.14. The third kappa shape index (κ3) is 6.42. The number of rotatable bonds is 12. The number of methoxy groups -OCH3 is 1. The van der Waals surface area contributed by atoms with E-state index in [0.717, 1.165) is 34.2 Å². The van der Waals surface area contributed by atoms with Gasteiger partial charge in [-0.15, -0.1) is 0 Å². The lowest BCUT2D eigenvalue weighted by Crippen LogP contribution is -2.26. The SMILES string of the molecule is COCCCC(=O)c1cnc2[nH]cc(-c3cccc(CCC(=O)c4cccn(Cc5ccc(F)c(F)c5)c4=O)c3)c2c1. The van der Waals surface area contributed by atoms with Gasteiger partial charge in [0.05, 0.1) is 12.1 Å². The van der Waals surface area contributed by atoms with Crippen molar-refractivity contribution in [2.75, 3.05) is 13.7 Å². The quantitative estimate of drug-likeness (QED) is 0.144. The molecule has 0 aliphatic rings. The number of ether oxygens (including phenoxy) is 1. The zero-order valence-corrected chi connectivity index (χ0v) is 23.0. The summed E-state index contributed by atoms with van der Waals surface area (Å²) in [6.07, 6.45) is 6.48. The summed E-state index contributed by atoms with van der Waals surface area (Å²) < 4.78 is 33.2. The number of nitrogens with zero attached hydrogens (tertiary/aromatic N) is 2. The van der Waals surface area contributed by atoms with Crippen molar-refractivity contribution in [1.82, 2.24) is 14.5 Å². The van der Waals surface area contributed by atoms with Gasteiger partial charge in [0.1, 0.15) is 5.65 Å². The van der Waals surface area contributed by atoms with E-state index in [9.17, 15) is 23.2 Å². The number of pyridine rings is 2. The number of hydrogen-bond donors (Lipinski definition) is 1. The standard InChI is InChI=1S/C33H29F2N3O4/c1-42-14-4-8-30(39)24-17-26-27(19-37-32(26)36-18-24)23-6-2-5-21(15-23)10-12-31(40)25-7-3-13-38(33(25)41)20-22-9-11-28(34)29(35)16-22/h2-3,5-7,9,11,13,15-19H,4,8,10,12,14,20H2,1H3,(H,36,37). The summed E-state index contributed by atoms with van der Waals surface area (Å²) in [6, 6.07) is 16.1. The van der Waals surface area contributed by atoms with E-state index in [1.165, 1.54) is 22.9 Å². The zero-order valence-electron chi connectivity index (χ0n) is 23.0. The van der Waals surface area contributed by atoms with Crippen LogP contribution in [0.3, 0.4) is 0 Å². The van der Waals surface area contributed by atoms with Gasteiger partial charge in [-0.2, -0.15) is 0 Å².